The molecule has 0 fully saturated rings. The van der Waals surface area contributed by atoms with Crippen LogP contribution in [-0.4, -0.2) is 25.3 Å². The molecule has 0 unspecified atom stereocenters. The van der Waals surface area contributed by atoms with Gasteiger partial charge in [-0.25, -0.2) is 0 Å². The normalized spacial score (nSPS) is 12.3. The van der Waals surface area contributed by atoms with Gasteiger partial charge >= 0.3 is 0 Å². The average Bonchev–Trinajstić information content (AvgIpc) is 3.16. The molecule has 3 aromatic rings. The molecule has 0 aliphatic carbocycles. The van der Waals surface area contributed by atoms with Gasteiger partial charge in [0.2, 0.25) is 11.8 Å². The molecule has 0 radical (unpaired) electrons. The van der Waals surface area contributed by atoms with Crippen LogP contribution >= 0.6 is 23.1 Å². The van der Waals surface area contributed by atoms with Crippen molar-refractivity contribution >= 4 is 28.8 Å². The maximum absolute atomic E-state index is 10.7. The lowest BCUT2D eigenvalue weighted by Crippen LogP contribution is -1.88. The Balaban J connectivity index is 1.75. The lowest BCUT2D eigenvalue weighted by atomic mass is 10.2. The maximum atomic E-state index is 10.7. The Labute approximate surface area is 139 Å². The van der Waals surface area contributed by atoms with Gasteiger partial charge in [0.15, 0.2) is 4.34 Å². The number of hydrogen-bond donors (Lipinski definition) is 0. The first kappa shape index (κ1) is 15.6. The molecule has 0 amide bonds. The number of aromatic nitrogens is 4. The zero-order chi connectivity index (χ0) is 16.4. The van der Waals surface area contributed by atoms with Crippen molar-refractivity contribution in [2.24, 2.45) is 0 Å². The van der Waals surface area contributed by atoms with Crippen molar-refractivity contribution in [2.45, 2.75) is 23.4 Å². The Morgan fingerprint density at radius 2 is 1.96 bits per heavy atom. The van der Waals surface area contributed by atoms with Gasteiger partial charge in [-0.1, -0.05) is 23.1 Å². The standard InChI is InChI=1S/C13H11N5O3S2/c1-7(22-13-17-14-8(2)23-13)11-15-16-12(21-11)9-3-5-10(6-4-9)18(19)20/h3-7H,1-2H3/t7-/m0/s1. The van der Waals surface area contributed by atoms with Crippen LogP contribution in [0.1, 0.15) is 23.1 Å². The van der Waals surface area contributed by atoms with E-state index in [9.17, 15) is 10.1 Å². The number of nitrogens with zero attached hydrogens (tertiary/aromatic N) is 5. The molecule has 8 nitrogen and oxygen atoms in total. The van der Waals surface area contributed by atoms with Crippen LogP contribution in [0.2, 0.25) is 0 Å². The number of benzene rings is 1. The van der Waals surface area contributed by atoms with Crippen LogP contribution in [0.5, 0.6) is 0 Å². The van der Waals surface area contributed by atoms with E-state index in [1.165, 1.54) is 35.2 Å². The molecule has 2 heterocycles. The van der Waals surface area contributed by atoms with Gasteiger partial charge in [0.25, 0.3) is 5.69 Å². The molecule has 1 aromatic carbocycles. The van der Waals surface area contributed by atoms with Crippen LogP contribution < -0.4 is 0 Å². The maximum Gasteiger partial charge on any atom is 0.269 e. The molecule has 3 rings (SSSR count). The predicted octanol–water partition coefficient (Wildman–Crippen LogP) is 3.66. The highest BCUT2D eigenvalue weighted by Crippen LogP contribution is 2.36. The molecule has 1 atom stereocenters. The minimum Gasteiger partial charge on any atom is -0.419 e. The van der Waals surface area contributed by atoms with Gasteiger partial charge in [0.1, 0.15) is 5.01 Å². The minimum absolute atomic E-state index is 0.0176. The molecular formula is C13H11N5O3S2. The summed E-state index contributed by atoms with van der Waals surface area (Å²) in [6, 6.07) is 5.98. The summed E-state index contributed by atoms with van der Waals surface area (Å²) in [6.45, 7) is 3.83. The first-order valence-corrected chi connectivity index (χ1v) is 8.27. The van der Waals surface area contributed by atoms with E-state index in [0.29, 0.717) is 17.3 Å². The first-order chi connectivity index (χ1) is 11.0. The molecule has 0 bridgehead atoms. The molecule has 0 N–H and O–H groups in total. The van der Waals surface area contributed by atoms with Crippen molar-refractivity contribution in [2.75, 3.05) is 0 Å². The van der Waals surface area contributed by atoms with E-state index in [2.05, 4.69) is 20.4 Å². The van der Waals surface area contributed by atoms with Crippen LogP contribution in [0.4, 0.5) is 5.69 Å². The number of aryl methyl sites for hydroxylation is 1. The summed E-state index contributed by atoms with van der Waals surface area (Å²) in [6.07, 6.45) is 0. The molecule has 0 aliphatic heterocycles. The third-order valence-electron chi connectivity index (χ3n) is 2.90. The predicted molar refractivity (Wildman–Crippen MR) is 85.3 cm³/mol. The lowest BCUT2D eigenvalue weighted by molar-refractivity contribution is -0.384. The Kier molecular flexibility index (Phi) is 4.35. The third kappa shape index (κ3) is 3.54. The second-order valence-electron chi connectivity index (χ2n) is 4.60. The number of nitro benzene ring substituents is 1. The SMILES string of the molecule is Cc1nnc(S[C@@H](C)c2nnc(-c3ccc([N+](=O)[O-])cc3)o2)s1. The van der Waals surface area contributed by atoms with Crippen molar-refractivity contribution in [1.82, 2.24) is 20.4 Å². The van der Waals surface area contributed by atoms with Gasteiger partial charge in [-0.2, -0.15) is 0 Å². The summed E-state index contributed by atoms with van der Waals surface area (Å²) in [5.41, 5.74) is 0.655. The lowest BCUT2D eigenvalue weighted by Gasteiger charge is -2.02. The second kappa shape index (κ2) is 6.42. The van der Waals surface area contributed by atoms with E-state index >= 15 is 0 Å². The van der Waals surface area contributed by atoms with E-state index in [1.54, 1.807) is 12.1 Å². The molecule has 0 aliphatic rings. The van der Waals surface area contributed by atoms with Gasteiger partial charge in [0.05, 0.1) is 10.2 Å². The van der Waals surface area contributed by atoms with E-state index in [0.717, 1.165) is 9.35 Å². The Hall–Kier alpha value is -2.33. The quantitative estimate of drug-likeness (QED) is 0.390. The smallest absolute Gasteiger partial charge is 0.269 e. The van der Waals surface area contributed by atoms with E-state index in [-0.39, 0.29) is 10.9 Å². The molecular weight excluding hydrogens is 338 g/mol. The summed E-state index contributed by atoms with van der Waals surface area (Å²) in [7, 11) is 0. The number of rotatable bonds is 5. The van der Waals surface area contributed by atoms with Crippen molar-refractivity contribution in [1.29, 1.82) is 0 Å². The highest BCUT2D eigenvalue weighted by molar-refractivity contribution is 8.01. The Morgan fingerprint density at radius 1 is 1.22 bits per heavy atom. The summed E-state index contributed by atoms with van der Waals surface area (Å²) in [4.78, 5) is 10.2. The molecule has 0 saturated carbocycles. The summed E-state index contributed by atoms with van der Waals surface area (Å²) >= 11 is 3.00. The van der Waals surface area contributed by atoms with Crippen LogP contribution in [-0.2, 0) is 0 Å². The minimum atomic E-state index is -0.453. The monoisotopic (exact) mass is 349 g/mol. The van der Waals surface area contributed by atoms with Crippen LogP contribution in [0, 0.1) is 17.0 Å². The van der Waals surface area contributed by atoms with Crippen molar-refractivity contribution < 1.29 is 9.34 Å². The zero-order valence-corrected chi connectivity index (χ0v) is 13.8. The van der Waals surface area contributed by atoms with E-state index in [4.69, 9.17) is 4.42 Å². The molecule has 23 heavy (non-hydrogen) atoms. The van der Waals surface area contributed by atoms with Crippen molar-refractivity contribution in [3.8, 4) is 11.5 Å². The zero-order valence-electron chi connectivity index (χ0n) is 12.2. The second-order valence-corrected chi connectivity index (χ2v) is 7.37. The molecule has 10 heteroatoms. The first-order valence-electron chi connectivity index (χ1n) is 6.58. The largest absolute Gasteiger partial charge is 0.419 e. The van der Waals surface area contributed by atoms with Gasteiger partial charge < -0.3 is 4.42 Å². The highest BCUT2D eigenvalue weighted by atomic mass is 32.2. The van der Waals surface area contributed by atoms with Gasteiger partial charge in [-0.3, -0.25) is 10.1 Å². The number of thioether (sulfide) groups is 1. The van der Waals surface area contributed by atoms with E-state index in [1.807, 2.05) is 13.8 Å². The number of nitro groups is 1. The molecule has 0 spiro atoms. The summed E-state index contributed by atoms with van der Waals surface area (Å²) in [5, 5.41) is 27.5. The van der Waals surface area contributed by atoms with Crippen molar-refractivity contribution in [3.63, 3.8) is 0 Å². The highest BCUT2D eigenvalue weighted by Gasteiger charge is 2.18. The fourth-order valence-electron chi connectivity index (χ4n) is 1.77. The summed E-state index contributed by atoms with van der Waals surface area (Å²) in [5.74, 6) is 0.798. The van der Waals surface area contributed by atoms with Gasteiger partial charge in [-0.15, -0.1) is 20.4 Å². The molecule has 118 valence electrons. The fourth-order valence-corrected chi connectivity index (χ4v) is 3.76. The van der Waals surface area contributed by atoms with Gasteiger partial charge in [0, 0.05) is 17.7 Å². The number of hydrogen-bond acceptors (Lipinski definition) is 9. The average molecular weight is 349 g/mol. The Bertz CT molecular complexity index is 830. The topological polar surface area (TPSA) is 108 Å². The third-order valence-corrected chi connectivity index (χ3v) is 4.91. The summed E-state index contributed by atoms with van der Waals surface area (Å²) < 4.78 is 6.49. The van der Waals surface area contributed by atoms with Crippen LogP contribution in [0.3, 0.4) is 0 Å². The number of non-ortho nitro benzene ring substituents is 1. The Morgan fingerprint density at radius 3 is 2.57 bits per heavy atom. The van der Waals surface area contributed by atoms with E-state index < -0.39 is 4.92 Å². The fraction of sp³-hybridized carbons (Fsp3) is 0.231. The van der Waals surface area contributed by atoms with Gasteiger partial charge in [-0.05, 0) is 26.0 Å². The van der Waals surface area contributed by atoms with Crippen LogP contribution in [0.15, 0.2) is 33.0 Å². The molecule has 2 aromatic heterocycles. The van der Waals surface area contributed by atoms with Crippen LogP contribution in [0.25, 0.3) is 11.5 Å². The van der Waals surface area contributed by atoms with Crippen molar-refractivity contribution in [3.05, 3.63) is 45.3 Å². The molecule has 0 saturated heterocycles.